The molecule has 0 saturated carbocycles. The zero-order chi connectivity index (χ0) is 13.2. The Morgan fingerprint density at radius 1 is 1.50 bits per heavy atom. The first kappa shape index (κ1) is 13.5. The van der Waals surface area contributed by atoms with Gasteiger partial charge in [-0.2, -0.15) is 0 Å². The van der Waals surface area contributed by atoms with Gasteiger partial charge < -0.3 is 10.6 Å². The maximum absolute atomic E-state index is 12.2. The van der Waals surface area contributed by atoms with Crippen LogP contribution in [0.3, 0.4) is 0 Å². The summed E-state index contributed by atoms with van der Waals surface area (Å²) >= 11 is 1.65. The van der Waals surface area contributed by atoms with Gasteiger partial charge in [-0.3, -0.25) is 4.79 Å². The standard InChI is InChI=1S/C13H21N3OS/c1-9-8-15-12(18-9)13(2,3)16-11(17)10-4-6-14-7-5-10/h8,10,14H,4-7H2,1-3H3,(H,16,17). The van der Waals surface area contributed by atoms with Crippen LogP contribution < -0.4 is 10.6 Å². The summed E-state index contributed by atoms with van der Waals surface area (Å²) in [5.41, 5.74) is -0.374. The Hall–Kier alpha value is -0.940. The molecule has 2 rings (SSSR count). The van der Waals surface area contributed by atoms with Gasteiger partial charge in [0.15, 0.2) is 0 Å². The Kier molecular flexibility index (Phi) is 4.02. The summed E-state index contributed by atoms with van der Waals surface area (Å²) in [6, 6.07) is 0. The van der Waals surface area contributed by atoms with Crippen LogP contribution in [0.4, 0.5) is 0 Å². The summed E-state index contributed by atoms with van der Waals surface area (Å²) in [6.45, 7) is 7.95. The van der Waals surface area contributed by atoms with Crippen LogP contribution in [0.1, 0.15) is 36.6 Å². The van der Waals surface area contributed by atoms with E-state index in [4.69, 9.17) is 0 Å². The van der Waals surface area contributed by atoms with Gasteiger partial charge in [0.1, 0.15) is 5.01 Å². The highest BCUT2D eigenvalue weighted by molar-refractivity contribution is 7.11. The van der Waals surface area contributed by atoms with E-state index < -0.39 is 0 Å². The summed E-state index contributed by atoms with van der Waals surface area (Å²) in [4.78, 5) is 17.8. The number of aryl methyl sites for hydroxylation is 1. The molecule has 0 radical (unpaired) electrons. The molecule has 0 aromatic carbocycles. The van der Waals surface area contributed by atoms with Crippen molar-refractivity contribution in [2.24, 2.45) is 5.92 Å². The first-order valence-electron chi connectivity index (χ1n) is 6.45. The fourth-order valence-corrected chi connectivity index (χ4v) is 3.01. The topological polar surface area (TPSA) is 54.0 Å². The number of hydrogen-bond donors (Lipinski definition) is 2. The van der Waals surface area contributed by atoms with E-state index in [9.17, 15) is 4.79 Å². The van der Waals surface area contributed by atoms with Crippen LogP contribution in [0.25, 0.3) is 0 Å². The molecule has 100 valence electrons. The predicted octanol–water partition coefficient (Wildman–Crippen LogP) is 1.80. The van der Waals surface area contributed by atoms with E-state index in [1.165, 1.54) is 4.88 Å². The van der Waals surface area contributed by atoms with Crippen molar-refractivity contribution >= 4 is 17.2 Å². The van der Waals surface area contributed by atoms with E-state index in [0.717, 1.165) is 30.9 Å². The van der Waals surface area contributed by atoms with Crippen LogP contribution in [0.15, 0.2) is 6.20 Å². The van der Waals surface area contributed by atoms with Crippen LogP contribution >= 0.6 is 11.3 Å². The first-order chi connectivity index (χ1) is 8.49. The summed E-state index contributed by atoms with van der Waals surface area (Å²) in [5, 5.41) is 7.39. The molecule has 1 amide bonds. The lowest BCUT2D eigenvalue weighted by molar-refractivity contribution is -0.127. The van der Waals surface area contributed by atoms with Crippen molar-refractivity contribution in [2.75, 3.05) is 13.1 Å². The van der Waals surface area contributed by atoms with Crippen molar-refractivity contribution in [3.63, 3.8) is 0 Å². The van der Waals surface area contributed by atoms with Gasteiger partial charge in [-0.15, -0.1) is 11.3 Å². The molecule has 1 aromatic heterocycles. The van der Waals surface area contributed by atoms with E-state index >= 15 is 0 Å². The van der Waals surface area contributed by atoms with E-state index in [-0.39, 0.29) is 17.4 Å². The van der Waals surface area contributed by atoms with Gasteiger partial charge in [0, 0.05) is 17.0 Å². The molecule has 5 heteroatoms. The lowest BCUT2D eigenvalue weighted by Gasteiger charge is -2.28. The number of aromatic nitrogens is 1. The summed E-state index contributed by atoms with van der Waals surface area (Å²) < 4.78 is 0. The van der Waals surface area contributed by atoms with Gasteiger partial charge in [-0.1, -0.05) is 0 Å². The summed E-state index contributed by atoms with van der Waals surface area (Å²) in [5.74, 6) is 0.306. The molecule has 0 spiro atoms. The molecule has 2 heterocycles. The third kappa shape index (κ3) is 3.09. The number of hydrogen-bond acceptors (Lipinski definition) is 4. The molecule has 1 fully saturated rings. The van der Waals surface area contributed by atoms with E-state index in [2.05, 4.69) is 15.6 Å². The van der Waals surface area contributed by atoms with Crippen molar-refractivity contribution in [1.29, 1.82) is 0 Å². The Balaban J connectivity index is 2.00. The van der Waals surface area contributed by atoms with Crippen molar-refractivity contribution < 1.29 is 4.79 Å². The van der Waals surface area contributed by atoms with Crippen LogP contribution in [0.5, 0.6) is 0 Å². The Morgan fingerprint density at radius 2 is 2.17 bits per heavy atom. The van der Waals surface area contributed by atoms with E-state index in [0.29, 0.717) is 0 Å². The van der Waals surface area contributed by atoms with E-state index in [1.54, 1.807) is 11.3 Å². The van der Waals surface area contributed by atoms with Crippen molar-refractivity contribution in [3.8, 4) is 0 Å². The quantitative estimate of drug-likeness (QED) is 0.878. The van der Waals surface area contributed by atoms with Gasteiger partial charge in [0.2, 0.25) is 5.91 Å². The zero-order valence-corrected chi connectivity index (χ0v) is 12.1. The Labute approximate surface area is 112 Å². The summed E-state index contributed by atoms with van der Waals surface area (Å²) in [6.07, 6.45) is 3.72. The minimum atomic E-state index is -0.374. The van der Waals surface area contributed by atoms with Crippen molar-refractivity contribution in [3.05, 3.63) is 16.1 Å². The molecule has 0 bridgehead atoms. The Morgan fingerprint density at radius 3 is 2.72 bits per heavy atom. The second-order valence-corrected chi connectivity index (χ2v) is 6.65. The SMILES string of the molecule is Cc1cnc(C(C)(C)NC(=O)C2CCNCC2)s1. The molecule has 0 aliphatic carbocycles. The van der Waals surface area contributed by atoms with Gasteiger partial charge in [0.25, 0.3) is 0 Å². The fourth-order valence-electron chi connectivity index (χ4n) is 2.19. The molecule has 0 atom stereocenters. The number of carbonyl (C=O) groups excluding carboxylic acids is 1. The minimum Gasteiger partial charge on any atom is -0.344 e. The fraction of sp³-hybridized carbons (Fsp3) is 0.692. The summed E-state index contributed by atoms with van der Waals surface area (Å²) in [7, 11) is 0. The number of rotatable bonds is 3. The molecular weight excluding hydrogens is 246 g/mol. The van der Waals surface area contributed by atoms with Crippen LogP contribution in [0, 0.1) is 12.8 Å². The molecule has 2 N–H and O–H groups in total. The number of nitrogens with zero attached hydrogens (tertiary/aromatic N) is 1. The smallest absolute Gasteiger partial charge is 0.223 e. The van der Waals surface area contributed by atoms with Gasteiger partial charge in [-0.25, -0.2) is 4.98 Å². The highest BCUT2D eigenvalue weighted by atomic mass is 32.1. The average molecular weight is 267 g/mol. The van der Waals surface area contributed by atoms with Gasteiger partial charge >= 0.3 is 0 Å². The zero-order valence-electron chi connectivity index (χ0n) is 11.2. The predicted molar refractivity (Wildman–Crippen MR) is 73.6 cm³/mol. The highest BCUT2D eigenvalue weighted by Gasteiger charge is 2.30. The molecule has 1 aromatic rings. The normalized spacial score (nSPS) is 17.7. The molecule has 1 aliphatic heterocycles. The number of amides is 1. The lowest BCUT2D eigenvalue weighted by Crippen LogP contribution is -2.46. The van der Waals surface area contributed by atoms with Crippen LogP contribution in [-0.4, -0.2) is 24.0 Å². The van der Waals surface area contributed by atoms with Gasteiger partial charge in [0.05, 0.1) is 5.54 Å². The maximum Gasteiger partial charge on any atom is 0.223 e. The highest BCUT2D eigenvalue weighted by Crippen LogP contribution is 2.25. The molecular formula is C13H21N3OS. The third-order valence-corrected chi connectivity index (χ3v) is 4.54. The number of nitrogens with one attached hydrogen (secondary N) is 2. The number of piperidine rings is 1. The Bertz CT molecular complexity index is 422. The molecule has 1 saturated heterocycles. The van der Waals surface area contributed by atoms with Crippen molar-refractivity contribution in [2.45, 2.75) is 39.2 Å². The second kappa shape index (κ2) is 5.36. The van der Waals surface area contributed by atoms with E-state index in [1.807, 2.05) is 27.0 Å². The number of thiazole rings is 1. The number of carbonyl (C=O) groups is 1. The largest absolute Gasteiger partial charge is 0.344 e. The molecule has 0 unspecified atom stereocenters. The third-order valence-electron chi connectivity index (χ3n) is 3.30. The first-order valence-corrected chi connectivity index (χ1v) is 7.26. The molecule has 4 nitrogen and oxygen atoms in total. The van der Waals surface area contributed by atoms with Crippen LogP contribution in [0.2, 0.25) is 0 Å². The van der Waals surface area contributed by atoms with Crippen molar-refractivity contribution in [1.82, 2.24) is 15.6 Å². The van der Waals surface area contributed by atoms with Gasteiger partial charge in [-0.05, 0) is 46.7 Å². The minimum absolute atomic E-state index is 0.145. The average Bonchev–Trinajstić information content (AvgIpc) is 2.77. The van der Waals surface area contributed by atoms with Crippen LogP contribution in [-0.2, 0) is 10.3 Å². The lowest BCUT2D eigenvalue weighted by atomic mass is 9.95. The molecule has 18 heavy (non-hydrogen) atoms. The maximum atomic E-state index is 12.2. The monoisotopic (exact) mass is 267 g/mol. The molecule has 1 aliphatic rings. The second-order valence-electron chi connectivity index (χ2n) is 5.41.